The molecule has 2 nitrogen and oxygen atoms in total. The Hall–Kier alpha value is -1.44. The predicted octanol–water partition coefficient (Wildman–Crippen LogP) is 2.33. The van der Waals surface area contributed by atoms with Crippen LogP contribution in [0.2, 0.25) is 0 Å². The van der Waals surface area contributed by atoms with Gasteiger partial charge >= 0.3 is 0 Å². The van der Waals surface area contributed by atoms with E-state index in [9.17, 15) is 9.59 Å². The molecule has 0 fully saturated rings. The largest absolute Gasteiger partial charge is 0.291 e. The van der Waals surface area contributed by atoms with Crippen molar-refractivity contribution >= 4 is 11.6 Å². The van der Waals surface area contributed by atoms with Gasteiger partial charge in [0.05, 0.1) is 0 Å². The first-order chi connectivity index (χ1) is 7.00. The molecule has 1 aromatic carbocycles. The van der Waals surface area contributed by atoms with E-state index >= 15 is 0 Å². The number of hydrogen-bond donors (Lipinski definition) is 0. The van der Waals surface area contributed by atoms with Gasteiger partial charge in [-0.2, -0.15) is 0 Å². The van der Waals surface area contributed by atoms with E-state index in [1.807, 2.05) is 31.2 Å². The van der Waals surface area contributed by atoms with Crippen LogP contribution in [0, 0.1) is 12.8 Å². The maximum Gasteiger partial charge on any atom is 0.201 e. The van der Waals surface area contributed by atoms with E-state index in [2.05, 4.69) is 0 Å². The van der Waals surface area contributed by atoms with Gasteiger partial charge in [-0.05, 0) is 18.9 Å². The second-order valence-electron chi connectivity index (χ2n) is 4.01. The molecule has 1 aromatic rings. The highest BCUT2D eigenvalue weighted by Gasteiger charge is 2.17. The fourth-order valence-corrected chi connectivity index (χ4v) is 1.52. The number of carbonyl (C=O) groups is 2. The van der Waals surface area contributed by atoms with Crippen molar-refractivity contribution in [1.29, 1.82) is 0 Å². The zero-order valence-electron chi connectivity index (χ0n) is 9.41. The smallest absolute Gasteiger partial charge is 0.201 e. The van der Waals surface area contributed by atoms with E-state index in [-0.39, 0.29) is 17.5 Å². The molecule has 0 radical (unpaired) electrons. The van der Waals surface area contributed by atoms with Crippen molar-refractivity contribution in [2.24, 2.45) is 5.92 Å². The third-order valence-corrected chi connectivity index (χ3v) is 2.46. The van der Waals surface area contributed by atoms with Gasteiger partial charge in [-0.3, -0.25) is 9.59 Å². The molecule has 0 amide bonds. The first-order valence-corrected chi connectivity index (χ1v) is 5.11. The Morgan fingerprint density at radius 3 is 2.20 bits per heavy atom. The Labute approximate surface area is 90.3 Å². The highest BCUT2D eigenvalue weighted by atomic mass is 16.2. The Morgan fingerprint density at radius 2 is 1.73 bits per heavy atom. The molecule has 80 valence electrons. The average Bonchev–Trinajstić information content (AvgIpc) is 2.20. The lowest BCUT2D eigenvalue weighted by Gasteiger charge is -2.08. The first-order valence-electron chi connectivity index (χ1n) is 5.11. The standard InChI is InChI=1S/C13H16O2/c1-9-4-6-12(7-5-9)8-10(2)13(15)11(3)14/h4-7,10H,8H2,1-3H3/t10-/m1/s1. The lowest BCUT2D eigenvalue weighted by Crippen LogP contribution is -2.20. The van der Waals surface area contributed by atoms with Gasteiger partial charge in [-0.1, -0.05) is 36.8 Å². The normalized spacial score (nSPS) is 12.2. The number of benzene rings is 1. The van der Waals surface area contributed by atoms with Gasteiger partial charge < -0.3 is 0 Å². The molecule has 0 unspecified atom stereocenters. The van der Waals surface area contributed by atoms with Gasteiger partial charge in [0.1, 0.15) is 0 Å². The van der Waals surface area contributed by atoms with Crippen LogP contribution in [0.4, 0.5) is 0 Å². The number of carbonyl (C=O) groups excluding carboxylic acids is 2. The van der Waals surface area contributed by atoms with E-state index in [4.69, 9.17) is 0 Å². The highest BCUT2D eigenvalue weighted by molar-refractivity contribution is 6.36. The summed E-state index contributed by atoms with van der Waals surface area (Å²) in [6.07, 6.45) is 0.638. The fraction of sp³-hybridized carbons (Fsp3) is 0.385. The Kier molecular flexibility index (Phi) is 3.78. The summed E-state index contributed by atoms with van der Waals surface area (Å²) in [6, 6.07) is 8.03. The number of Topliss-reactive ketones (excluding diaryl/α,β-unsaturated/α-hetero) is 2. The minimum absolute atomic E-state index is 0.217. The summed E-state index contributed by atoms with van der Waals surface area (Å²) < 4.78 is 0. The van der Waals surface area contributed by atoms with Crippen LogP contribution < -0.4 is 0 Å². The molecule has 15 heavy (non-hydrogen) atoms. The molecule has 1 rings (SSSR count). The molecule has 0 bridgehead atoms. The summed E-state index contributed by atoms with van der Waals surface area (Å²) in [6.45, 7) is 5.14. The van der Waals surface area contributed by atoms with Crippen LogP contribution in [0.3, 0.4) is 0 Å². The summed E-state index contributed by atoms with van der Waals surface area (Å²) in [4.78, 5) is 22.2. The molecule has 1 atom stereocenters. The van der Waals surface area contributed by atoms with Crippen LogP contribution >= 0.6 is 0 Å². The molecule has 0 N–H and O–H groups in total. The van der Waals surface area contributed by atoms with Gasteiger partial charge in [-0.15, -0.1) is 0 Å². The van der Waals surface area contributed by atoms with Crippen LogP contribution in [0.1, 0.15) is 25.0 Å². The second-order valence-corrected chi connectivity index (χ2v) is 4.01. The van der Waals surface area contributed by atoms with Crippen LogP contribution in [0.15, 0.2) is 24.3 Å². The summed E-state index contributed by atoms with van der Waals surface area (Å²) in [5, 5.41) is 0. The summed E-state index contributed by atoms with van der Waals surface area (Å²) >= 11 is 0. The fourth-order valence-electron chi connectivity index (χ4n) is 1.52. The molecule has 0 aromatic heterocycles. The Balaban J connectivity index is 2.66. The average molecular weight is 204 g/mol. The van der Waals surface area contributed by atoms with Gasteiger partial charge in [-0.25, -0.2) is 0 Å². The molecule has 0 aliphatic heterocycles. The second kappa shape index (κ2) is 4.87. The van der Waals surface area contributed by atoms with E-state index < -0.39 is 0 Å². The number of hydrogen-bond acceptors (Lipinski definition) is 2. The SMILES string of the molecule is CC(=O)C(=O)[C@H](C)Cc1ccc(C)cc1. The van der Waals surface area contributed by atoms with E-state index in [0.717, 1.165) is 5.56 Å². The Bertz CT molecular complexity index is 363. The van der Waals surface area contributed by atoms with Gasteiger partial charge in [0, 0.05) is 12.8 Å². The van der Waals surface area contributed by atoms with Crippen LogP contribution in [-0.4, -0.2) is 11.6 Å². The van der Waals surface area contributed by atoms with Crippen molar-refractivity contribution in [2.45, 2.75) is 27.2 Å². The van der Waals surface area contributed by atoms with E-state index in [1.54, 1.807) is 6.92 Å². The van der Waals surface area contributed by atoms with Crippen molar-refractivity contribution in [2.75, 3.05) is 0 Å². The zero-order valence-corrected chi connectivity index (χ0v) is 9.41. The molecule has 0 spiro atoms. The highest BCUT2D eigenvalue weighted by Crippen LogP contribution is 2.11. The van der Waals surface area contributed by atoms with Crippen molar-refractivity contribution in [3.8, 4) is 0 Å². The Morgan fingerprint density at radius 1 is 1.20 bits per heavy atom. The van der Waals surface area contributed by atoms with Gasteiger partial charge in [0.2, 0.25) is 5.78 Å². The number of ketones is 2. The lowest BCUT2D eigenvalue weighted by molar-refractivity contribution is -0.137. The molecule has 0 heterocycles. The minimum atomic E-state index is -0.352. The van der Waals surface area contributed by atoms with Gasteiger partial charge in [0.15, 0.2) is 5.78 Å². The molecule has 0 aliphatic rings. The maximum atomic E-state index is 11.4. The first kappa shape index (κ1) is 11.6. The molecule has 0 saturated heterocycles. The zero-order chi connectivity index (χ0) is 11.4. The third-order valence-electron chi connectivity index (χ3n) is 2.46. The maximum absolute atomic E-state index is 11.4. The molecular weight excluding hydrogens is 188 g/mol. The summed E-state index contributed by atoms with van der Waals surface area (Å²) in [5.74, 6) is -0.851. The quantitative estimate of drug-likeness (QED) is 0.705. The molecular formula is C13H16O2. The van der Waals surface area contributed by atoms with Gasteiger partial charge in [0.25, 0.3) is 0 Å². The van der Waals surface area contributed by atoms with Crippen LogP contribution in [0.25, 0.3) is 0 Å². The number of rotatable bonds is 4. The lowest BCUT2D eigenvalue weighted by atomic mass is 9.95. The monoisotopic (exact) mass is 204 g/mol. The minimum Gasteiger partial charge on any atom is -0.291 e. The van der Waals surface area contributed by atoms with Crippen molar-refractivity contribution in [3.63, 3.8) is 0 Å². The van der Waals surface area contributed by atoms with E-state index in [1.165, 1.54) is 12.5 Å². The van der Waals surface area contributed by atoms with Crippen molar-refractivity contribution in [1.82, 2.24) is 0 Å². The predicted molar refractivity (Wildman–Crippen MR) is 59.7 cm³/mol. The van der Waals surface area contributed by atoms with E-state index in [0.29, 0.717) is 6.42 Å². The number of aryl methyl sites for hydroxylation is 1. The molecule has 2 heteroatoms. The topological polar surface area (TPSA) is 34.1 Å². The molecule has 0 aliphatic carbocycles. The van der Waals surface area contributed by atoms with Crippen LogP contribution in [0.5, 0.6) is 0 Å². The molecule has 0 saturated carbocycles. The summed E-state index contributed by atoms with van der Waals surface area (Å²) in [5.41, 5.74) is 2.30. The van der Waals surface area contributed by atoms with Crippen LogP contribution in [-0.2, 0) is 16.0 Å². The van der Waals surface area contributed by atoms with Crippen molar-refractivity contribution < 1.29 is 9.59 Å². The third kappa shape index (κ3) is 3.31. The summed E-state index contributed by atoms with van der Waals surface area (Å²) in [7, 11) is 0. The van der Waals surface area contributed by atoms with Crippen molar-refractivity contribution in [3.05, 3.63) is 35.4 Å².